The van der Waals surface area contributed by atoms with Gasteiger partial charge < -0.3 is 14.3 Å². The Bertz CT molecular complexity index is 504. The van der Waals surface area contributed by atoms with E-state index < -0.39 is 6.29 Å². The van der Waals surface area contributed by atoms with Crippen molar-refractivity contribution in [1.29, 1.82) is 0 Å². The second-order valence-electron chi connectivity index (χ2n) is 8.03. The SMILES string of the molecule is CCCC[N+](CCCC)(CCCC)CCCC.[O-]C1C=Cc2ccccc2O1. The number of nitrogens with zero attached hydrogens (tertiary/aromatic N) is 1. The molecule has 0 radical (unpaired) electrons. The number of fused-ring (bicyclic) bond motifs is 1. The lowest BCUT2D eigenvalue weighted by Gasteiger charge is -2.39. The number of hydrogen-bond acceptors (Lipinski definition) is 2. The van der Waals surface area contributed by atoms with E-state index in [1.54, 1.807) is 12.1 Å². The first-order valence-electron chi connectivity index (χ1n) is 11.6. The zero-order valence-corrected chi connectivity index (χ0v) is 18.8. The summed E-state index contributed by atoms with van der Waals surface area (Å²) in [5.74, 6) is 0.676. The van der Waals surface area contributed by atoms with E-state index in [-0.39, 0.29) is 0 Å². The predicted molar refractivity (Wildman–Crippen MR) is 119 cm³/mol. The molecular formula is C25H43NO2. The summed E-state index contributed by atoms with van der Waals surface area (Å²) in [5, 5.41) is 10.8. The summed E-state index contributed by atoms with van der Waals surface area (Å²) in [6.07, 6.45) is 13.3. The molecule has 1 unspecified atom stereocenters. The Balaban J connectivity index is 0.000000302. The maximum Gasteiger partial charge on any atom is 0.125 e. The molecule has 0 fully saturated rings. The molecule has 0 amide bonds. The van der Waals surface area contributed by atoms with E-state index in [0.717, 1.165) is 5.56 Å². The molecule has 160 valence electrons. The van der Waals surface area contributed by atoms with Gasteiger partial charge in [-0.15, -0.1) is 0 Å². The van der Waals surface area contributed by atoms with E-state index in [9.17, 15) is 5.11 Å². The normalized spacial score (nSPS) is 15.4. The Hall–Kier alpha value is -1.32. The average molecular weight is 390 g/mol. The zero-order chi connectivity index (χ0) is 20.7. The number of unbranched alkanes of at least 4 members (excludes halogenated alkanes) is 4. The highest BCUT2D eigenvalue weighted by molar-refractivity contribution is 5.59. The van der Waals surface area contributed by atoms with Crippen LogP contribution in [0.25, 0.3) is 6.08 Å². The van der Waals surface area contributed by atoms with Gasteiger partial charge in [-0.2, -0.15) is 0 Å². The van der Waals surface area contributed by atoms with E-state index in [0.29, 0.717) is 5.75 Å². The number of rotatable bonds is 12. The summed E-state index contributed by atoms with van der Waals surface area (Å²) in [6, 6.07) is 7.48. The van der Waals surface area contributed by atoms with Gasteiger partial charge in [0.15, 0.2) is 0 Å². The minimum Gasteiger partial charge on any atom is -0.818 e. The quantitative estimate of drug-likeness (QED) is 0.424. The average Bonchev–Trinajstić information content (AvgIpc) is 2.73. The van der Waals surface area contributed by atoms with E-state index in [4.69, 9.17) is 4.74 Å². The summed E-state index contributed by atoms with van der Waals surface area (Å²) >= 11 is 0. The number of para-hydroxylation sites is 1. The highest BCUT2D eigenvalue weighted by atomic mass is 16.6. The lowest BCUT2D eigenvalue weighted by Crippen LogP contribution is -2.50. The van der Waals surface area contributed by atoms with Crippen molar-refractivity contribution in [2.75, 3.05) is 26.2 Å². The molecule has 3 heteroatoms. The lowest BCUT2D eigenvalue weighted by molar-refractivity contribution is -0.929. The van der Waals surface area contributed by atoms with Gasteiger partial charge in [0.05, 0.1) is 26.2 Å². The molecular weight excluding hydrogens is 346 g/mol. The molecule has 1 heterocycles. The van der Waals surface area contributed by atoms with E-state index >= 15 is 0 Å². The fraction of sp³-hybridized carbons (Fsp3) is 0.680. The molecule has 1 aromatic carbocycles. The Labute approximate surface area is 174 Å². The lowest BCUT2D eigenvalue weighted by atomic mass is 10.1. The first-order valence-corrected chi connectivity index (χ1v) is 11.6. The first-order chi connectivity index (χ1) is 13.6. The maximum absolute atomic E-state index is 10.8. The Morgan fingerprint density at radius 2 is 1.25 bits per heavy atom. The highest BCUT2D eigenvalue weighted by Gasteiger charge is 2.24. The first kappa shape index (κ1) is 24.7. The Kier molecular flexibility index (Phi) is 12.9. The van der Waals surface area contributed by atoms with E-state index in [1.165, 1.54) is 88.1 Å². The van der Waals surface area contributed by atoms with Crippen molar-refractivity contribution in [2.24, 2.45) is 0 Å². The van der Waals surface area contributed by atoms with Gasteiger partial charge >= 0.3 is 0 Å². The van der Waals surface area contributed by atoms with Gasteiger partial charge in [-0.05, 0) is 31.7 Å². The molecule has 0 aliphatic carbocycles. The van der Waals surface area contributed by atoms with Gasteiger partial charge in [0.2, 0.25) is 0 Å². The van der Waals surface area contributed by atoms with E-state index in [1.807, 2.05) is 18.2 Å². The molecule has 1 aliphatic heterocycles. The van der Waals surface area contributed by atoms with Crippen LogP contribution in [0.5, 0.6) is 5.75 Å². The van der Waals surface area contributed by atoms with Crippen LogP contribution in [0.15, 0.2) is 30.3 Å². The minimum atomic E-state index is -1.04. The molecule has 0 N–H and O–H groups in total. The van der Waals surface area contributed by atoms with Gasteiger partial charge in [-0.3, -0.25) is 0 Å². The Morgan fingerprint density at radius 3 is 1.71 bits per heavy atom. The van der Waals surface area contributed by atoms with Crippen molar-refractivity contribution in [3.63, 3.8) is 0 Å². The molecule has 1 atom stereocenters. The van der Waals surface area contributed by atoms with Gasteiger partial charge in [0.25, 0.3) is 0 Å². The number of benzene rings is 1. The van der Waals surface area contributed by atoms with Crippen molar-refractivity contribution in [3.8, 4) is 5.75 Å². The third kappa shape index (κ3) is 9.25. The molecule has 28 heavy (non-hydrogen) atoms. The molecule has 0 spiro atoms. The molecule has 0 aromatic heterocycles. The van der Waals surface area contributed by atoms with Crippen LogP contribution in [-0.4, -0.2) is 37.0 Å². The standard InChI is InChI=1S/C16H36N.C9H7O2/c1-5-9-13-17(14-10-6-2,15-11-7-3)16-12-8-4;10-9-6-5-7-3-1-2-4-8(7)11-9/h5-16H2,1-4H3;1-6,9H/q+1;-1. The van der Waals surface area contributed by atoms with Crippen LogP contribution in [0.3, 0.4) is 0 Å². The monoisotopic (exact) mass is 389 g/mol. The van der Waals surface area contributed by atoms with Crippen LogP contribution in [-0.2, 0) is 0 Å². The largest absolute Gasteiger partial charge is 0.818 e. The van der Waals surface area contributed by atoms with Gasteiger partial charge in [0.1, 0.15) is 5.75 Å². The number of quaternary nitrogens is 1. The van der Waals surface area contributed by atoms with Crippen molar-refractivity contribution >= 4 is 6.08 Å². The summed E-state index contributed by atoms with van der Waals surface area (Å²) in [4.78, 5) is 0. The van der Waals surface area contributed by atoms with Crippen molar-refractivity contribution in [2.45, 2.75) is 85.4 Å². The second kappa shape index (κ2) is 14.6. The summed E-state index contributed by atoms with van der Waals surface area (Å²) < 4.78 is 6.41. The summed E-state index contributed by atoms with van der Waals surface area (Å²) in [7, 11) is 0. The predicted octanol–water partition coefficient (Wildman–Crippen LogP) is 5.78. The topological polar surface area (TPSA) is 32.3 Å². The van der Waals surface area contributed by atoms with E-state index in [2.05, 4.69) is 27.7 Å². The second-order valence-corrected chi connectivity index (χ2v) is 8.03. The highest BCUT2D eigenvalue weighted by Crippen LogP contribution is 2.23. The molecule has 1 aromatic rings. The molecule has 1 aliphatic rings. The summed E-state index contributed by atoms with van der Waals surface area (Å²) in [5.41, 5.74) is 0.972. The van der Waals surface area contributed by atoms with Gasteiger partial charge in [0, 0.05) is 11.9 Å². The molecule has 3 nitrogen and oxygen atoms in total. The van der Waals surface area contributed by atoms with Crippen LogP contribution in [0, 0.1) is 0 Å². The number of hydrogen-bond donors (Lipinski definition) is 0. The van der Waals surface area contributed by atoms with Crippen molar-refractivity contribution < 1.29 is 14.3 Å². The van der Waals surface area contributed by atoms with Crippen LogP contribution in [0.2, 0.25) is 0 Å². The Morgan fingerprint density at radius 1 is 0.786 bits per heavy atom. The molecule has 0 saturated heterocycles. The van der Waals surface area contributed by atoms with Crippen LogP contribution >= 0.6 is 0 Å². The van der Waals surface area contributed by atoms with Gasteiger partial charge in [-0.25, -0.2) is 0 Å². The van der Waals surface area contributed by atoms with Crippen LogP contribution in [0.4, 0.5) is 0 Å². The molecule has 0 bridgehead atoms. The number of ether oxygens (including phenoxy) is 1. The maximum atomic E-state index is 10.8. The zero-order valence-electron chi connectivity index (χ0n) is 18.8. The van der Waals surface area contributed by atoms with Gasteiger partial charge in [-0.1, -0.05) is 83.7 Å². The molecule has 0 saturated carbocycles. The fourth-order valence-electron chi connectivity index (χ4n) is 3.72. The minimum absolute atomic E-state index is 0.676. The third-order valence-corrected chi connectivity index (χ3v) is 5.54. The van der Waals surface area contributed by atoms with Crippen molar-refractivity contribution in [3.05, 3.63) is 35.9 Å². The van der Waals surface area contributed by atoms with Crippen LogP contribution in [0.1, 0.15) is 84.6 Å². The summed E-state index contributed by atoms with van der Waals surface area (Å²) in [6.45, 7) is 15.0. The van der Waals surface area contributed by atoms with Crippen LogP contribution < -0.4 is 9.84 Å². The smallest absolute Gasteiger partial charge is 0.125 e. The van der Waals surface area contributed by atoms with Crippen molar-refractivity contribution in [1.82, 2.24) is 0 Å². The third-order valence-electron chi connectivity index (χ3n) is 5.54. The molecule has 2 rings (SSSR count). The fourth-order valence-corrected chi connectivity index (χ4v) is 3.72.